The predicted octanol–water partition coefficient (Wildman–Crippen LogP) is 18.1. The number of rotatable bonds is 9. The lowest BCUT2D eigenvalue weighted by atomic mass is 10.00. The molecule has 0 saturated carbocycles. The fourth-order valence-electron chi connectivity index (χ4n) is 8.97. The highest BCUT2D eigenvalue weighted by atomic mass is 32.1. The van der Waals surface area contributed by atoms with Crippen LogP contribution in [-0.2, 0) is 0 Å². The molecule has 65 heavy (non-hydrogen) atoms. The standard InChI is InChI=1S/C61H40N2S2/c1-4-11-41(12-5-1)44-19-21-46(22-20-44)48-29-35-52(36-30-48)63(51-33-27-47(28-34-51)43-15-8-3-9-16-43)53-37-31-49(32-38-53)54-17-10-18-55-56-39-57-59(40-58(56)64-60(54)55)65-61(62-57)50-25-23-45(24-26-50)42-13-6-2-7-14-42/h1-40H. The van der Waals surface area contributed by atoms with E-state index < -0.39 is 0 Å². The average molecular weight is 865 g/mol. The minimum absolute atomic E-state index is 1.05. The van der Waals surface area contributed by atoms with Gasteiger partial charge in [0.15, 0.2) is 0 Å². The third kappa shape index (κ3) is 7.49. The molecule has 10 aromatic carbocycles. The summed E-state index contributed by atoms with van der Waals surface area (Å²) in [5.41, 5.74) is 17.6. The van der Waals surface area contributed by atoms with Gasteiger partial charge >= 0.3 is 0 Å². The van der Waals surface area contributed by atoms with Crippen molar-refractivity contribution in [3.05, 3.63) is 243 Å². The Balaban J connectivity index is 0.861. The van der Waals surface area contributed by atoms with Crippen molar-refractivity contribution in [2.24, 2.45) is 0 Å². The summed E-state index contributed by atoms with van der Waals surface area (Å²) in [6.07, 6.45) is 0. The number of fused-ring (bicyclic) bond motifs is 4. The molecule has 0 radical (unpaired) electrons. The lowest BCUT2D eigenvalue weighted by molar-refractivity contribution is 1.28. The fraction of sp³-hybridized carbons (Fsp3) is 0. The molecule has 306 valence electrons. The number of hydrogen-bond donors (Lipinski definition) is 0. The summed E-state index contributed by atoms with van der Waals surface area (Å²) in [6.45, 7) is 0. The minimum atomic E-state index is 1.05. The molecule has 2 heterocycles. The van der Waals surface area contributed by atoms with E-state index in [4.69, 9.17) is 4.98 Å². The molecule has 0 aliphatic heterocycles. The third-order valence-corrected chi connectivity index (χ3v) is 14.6. The molecule has 4 heteroatoms. The van der Waals surface area contributed by atoms with Crippen molar-refractivity contribution in [3.63, 3.8) is 0 Å². The average Bonchev–Trinajstić information content (AvgIpc) is 3.98. The van der Waals surface area contributed by atoms with Crippen LogP contribution in [-0.4, -0.2) is 4.98 Å². The van der Waals surface area contributed by atoms with Crippen molar-refractivity contribution < 1.29 is 0 Å². The van der Waals surface area contributed by atoms with Crippen LogP contribution in [0.4, 0.5) is 17.1 Å². The molecule has 12 aromatic rings. The summed E-state index contributed by atoms with van der Waals surface area (Å²) in [7, 11) is 0. The Morgan fingerprint density at radius 3 is 1.15 bits per heavy atom. The zero-order chi connectivity index (χ0) is 43.1. The lowest BCUT2D eigenvalue weighted by Crippen LogP contribution is -2.09. The van der Waals surface area contributed by atoms with Crippen LogP contribution in [0.5, 0.6) is 0 Å². The molecular weight excluding hydrogens is 825 g/mol. The highest BCUT2D eigenvalue weighted by Crippen LogP contribution is 2.44. The van der Waals surface area contributed by atoms with Gasteiger partial charge in [0, 0.05) is 42.8 Å². The highest BCUT2D eigenvalue weighted by Gasteiger charge is 2.17. The van der Waals surface area contributed by atoms with Gasteiger partial charge in [0.05, 0.1) is 10.2 Å². The van der Waals surface area contributed by atoms with Gasteiger partial charge in [-0.25, -0.2) is 4.98 Å². The topological polar surface area (TPSA) is 16.1 Å². The van der Waals surface area contributed by atoms with Crippen LogP contribution in [0.2, 0.25) is 0 Å². The first-order chi connectivity index (χ1) is 32.2. The van der Waals surface area contributed by atoms with Gasteiger partial charge in [-0.05, 0) is 104 Å². The van der Waals surface area contributed by atoms with E-state index in [-0.39, 0.29) is 0 Å². The molecule has 2 nitrogen and oxygen atoms in total. The minimum Gasteiger partial charge on any atom is -0.311 e. The van der Waals surface area contributed by atoms with Crippen molar-refractivity contribution in [1.29, 1.82) is 0 Å². The second-order valence-electron chi connectivity index (χ2n) is 16.3. The summed E-state index contributed by atoms with van der Waals surface area (Å²) in [4.78, 5) is 7.50. The third-order valence-electron chi connectivity index (χ3n) is 12.4. The van der Waals surface area contributed by atoms with Crippen molar-refractivity contribution in [3.8, 4) is 66.2 Å². The molecule has 2 aromatic heterocycles. The van der Waals surface area contributed by atoms with Crippen LogP contribution in [0, 0.1) is 0 Å². The summed E-state index contributed by atoms with van der Waals surface area (Å²) in [5.74, 6) is 0. The SMILES string of the molecule is c1ccc(-c2ccc(-c3ccc(N(c4ccc(-c5ccccc5)cc4)c4ccc(-c5cccc6c5sc5cc7sc(-c8ccc(-c9ccccc9)cc8)nc7cc56)cc4)cc3)cc2)cc1. The molecule has 12 rings (SSSR count). The van der Waals surface area contributed by atoms with E-state index in [1.54, 1.807) is 11.3 Å². The Morgan fingerprint density at radius 1 is 0.292 bits per heavy atom. The monoisotopic (exact) mass is 864 g/mol. The van der Waals surface area contributed by atoms with Crippen molar-refractivity contribution >= 4 is 70.1 Å². The van der Waals surface area contributed by atoms with Crippen LogP contribution in [0.25, 0.3) is 96.6 Å². The molecule has 0 N–H and O–H groups in total. The molecule has 0 atom stereocenters. The van der Waals surface area contributed by atoms with Crippen LogP contribution >= 0.6 is 22.7 Å². The van der Waals surface area contributed by atoms with Gasteiger partial charge in [-0.1, -0.05) is 194 Å². The van der Waals surface area contributed by atoms with Crippen LogP contribution in [0.15, 0.2) is 243 Å². The molecule has 0 aliphatic carbocycles. The number of hydrogen-bond acceptors (Lipinski definition) is 4. The Labute approximate surface area is 386 Å². The molecule has 0 amide bonds. The smallest absolute Gasteiger partial charge is 0.124 e. The van der Waals surface area contributed by atoms with Crippen molar-refractivity contribution in [1.82, 2.24) is 4.98 Å². The quantitative estimate of drug-likeness (QED) is 0.144. The summed E-state index contributed by atoms with van der Waals surface area (Å²) in [5, 5.41) is 3.58. The molecule has 0 spiro atoms. The maximum atomic E-state index is 5.15. The molecule has 0 unspecified atom stereocenters. The first kappa shape index (κ1) is 38.8. The largest absolute Gasteiger partial charge is 0.311 e. The van der Waals surface area contributed by atoms with Gasteiger partial charge in [0.2, 0.25) is 0 Å². The number of anilines is 3. The second-order valence-corrected chi connectivity index (χ2v) is 18.4. The molecule has 0 aliphatic rings. The van der Waals surface area contributed by atoms with E-state index in [2.05, 4.69) is 248 Å². The number of nitrogens with zero attached hydrogens (tertiary/aromatic N) is 2. The van der Waals surface area contributed by atoms with Gasteiger partial charge in [0.25, 0.3) is 0 Å². The Hall–Kier alpha value is -7.89. The Kier molecular flexibility index (Phi) is 9.94. The number of benzene rings is 10. The van der Waals surface area contributed by atoms with Crippen molar-refractivity contribution in [2.45, 2.75) is 0 Å². The van der Waals surface area contributed by atoms with E-state index in [0.29, 0.717) is 0 Å². The number of aromatic nitrogens is 1. The maximum absolute atomic E-state index is 5.15. The van der Waals surface area contributed by atoms with E-state index in [0.717, 1.165) is 33.1 Å². The lowest BCUT2D eigenvalue weighted by Gasteiger charge is -2.26. The highest BCUT2D eigenvalue weighted by molar-refractivity contribution is 7.27. The number of thiophene rings is 1. The summed E-state index contributed by atoms with van der Waals surface area (Å²) >= 11 is 3.64. The summed E-state index contributed by atoms with van der Waals surface area (Å²) in [6, 6.07) is 87.6. The predicted molar refractivity (Wildman–Crippen MR) is 280 cm³/mol. The fourth-order valence-corrected chi connectivity index (χ4v) is 11.3. The van der Waals surface area contributed by atoms with Crippen LogP contribution < -0.4 is 4.90 Å². The molecule has 0 fully saturated rings. The first-order valence-electron chi connectivity index (χ1n) is 21.9. The summed E-state index contributed by atoms with van der Waals surface area (Å²) < 4.78 is 3.79. The normalized spacial score (nSPS) is 11.4. The Bertz CT molecular complexity index is 3580. The molecular formula is C61H40N2S2. The van der Waals surface area contributed by atoms with E-state index in [9.17, 15) is 0 Å². The van der Waals surface area contributed by atoms with Crippen molar-refractivity contribution in [2.75, 3.05) is 4.90 Å². The Morgan fingerprint density at radius 2 is 0.692 bits per heavy atom. The van der Waals surface area contributed by atoms with Crippen LogP contribution in [0.3, 0.4) is 0 Å². The van der Waals surface area contributed by atoms with Gasteiger partial charge in [0.1, 0.15) is 5.01 Å². The van der Waals surface area contributed by atoms with E-state index in [1.165, 1.54) is 80.5 Å². The zero-order valence-electron chi connectivity index (χ0n) is 35.3. The first-order valence-corrected chi connectivity index (χ1v) is 23.6. The zero-order valence-corrected chi connectivity index (χ0v) is 36.9. The second kappa shape index (κ2) is 16.7. The van der Waals surface area contributed by atoms with E-state index >= 15 is 0 Å². The van der Waals surface area contributed by atoms with Gasteiger partial charge in [-0.15, -0.1) is 22.7 Å². The van der Waals surface area contributed by atoms with Gasteiger partial charge in [-0.3, -0.25) is 0 Å². The van der Waals surface area contributed by atoms with E-state index in [1.807, 2.05) is 11.3 Å². The molecule has 0 saturated heterocycles. The molecule has 0 bridgehead atoms. The maximum Gasteiger partial charge on any atom is 0.124 e. The number of thiazole rings is 1. The van der Waals surface area contributed by atoms with Gasteiger partial charge in [-0.2, -0.15) is 0 Å². The van der Waals surface area contributed by atoms with Crippen LogP contribution in [0.1, 0.15) is 0 Å². The van der Waals surface area contributed by atoms with Gasteiger partial charge < -0.3 is 4.90 Å².